The second-order valence-electron chi connectivity index (χ2n) is 6.08. The average molecular weight is 397 g/mol. The third-order valence-corrected chi connectivity index (χ3v) is 5.19. The Morgan fingerprint density at radius 3 is 2.22 bits per heavy atom. The number of sulfonamides is 1. The number of pyridine rings is 1. The number of hydrogen-bond acceptors (Lipinski definition) is 4. The van der Waals surface area contributed by atoms with Gasteiger partial charge in [0.15, 0.2) is 11.6 Å². The molecule has 0 saturated carbocycles. The van der Waals surface area contributed by atoms with Gasteiger partial charge < -0.3 is 4.90 Å². The molecule has 0 unspecified atom stereocenters. The van der Waals surface area contributed by atoms with Crippen molar-refractivity contribution in [3.8, 4) is 0 Å². The normalized spacial score (nSPS) is 11.3. The molecule has 9 heteroatoms. The second kappa shape index (κ2) is 8.90. The van der Waals surface area contributed by atoms with Crippen molar-refractivity contribution in [1.82, 2.24) is 9.88 Å². The predicted octanol–water partition coefficient (Wildman–Crippen LogP) is 2.22. The van der Waals surface area contributed by atoms with Gasteiger partial charge in [-0.05, 0) is 36.2 Å². The van der Waals surface area contributed by atoms with Crippen molar-refractivity contribution in [2.75, 3.05) is 30.7 Å². The van der Waals surface area contributed by atoms with E-state index in [1.165, 1.54) is 4.90 Å². The molecule has 1 aromatic heterocycles. The Kier molecular flexibility index (Phi) is 6.84. The Morgan fingerprint density at radius 1 is 1.07 bits per heavy atom. The van der Waals surface area contributed by atoms with Crippen LogP contribution in [0.25, 0.3) is 0 Å². The van der Waals surface area contributed by atoms with Crippen molar-refractivity contribution in [3.05, 3.63) is 59.9 Å². The van der Waals surface area contributed by atoms with Gasteiger partial charge in [0.25, 0.3) is 0 Å². The van der Waals surface area contributed by atoms with Gasteiger partial charge >= 0.3 is 0 Å². The minimum absolute atomic E-state index is 0.201. The highest BCUT2D eigenvalue weighted by Crippen LogP contribution is 2.25. The van der Waals surface area contributed by atoms with Gasteiger partial charge in [-0.1, -0.05) is 6.07 Å². The van der Waals surface area contributed by atoms with Crippen LogP contribution in [-0.2, 0) is 21.2 Å². The van der Waals surface area contributed by atoms with E-state index in [1.54, 1.807) is 19.4 Å². The lowest BCUT2D eigenvalue weighted by atomic mass is 10.2. The molecule has 146 valence electrons. The molecule has 0 radical (unpaired) electrons. The number of anilines is 1. The molecule has 6 nitrogen and oxygen atoms in total. The van der Waals surface area contributed by atoms with Crippen LogP contribution in [0.2, 0.25) is 0 Å². The van der Waals surface area contributed by atoms with Crippen molar-refractivity contribution in [2.24, 2.45) is 0 Å². The van der Waals surface area contributed by atoms with Gasteiger partial charge in [-0.15, -0.1) is 0 Å². The van der Waals surface area contributed by atoms with E-state index in [2.05, 4.69) is 4.98 Å². The molecular weight excluding hydrogens is 376 g/mol. The van der Waals surface area contributed by atoms with Crippen LogP contribution in [0, 0.1) is 11.6 Å². The Hall–Kier alpha value is -2.55. The second-order valence-corrected chi connectivity index (χ2v) is 7.98. The molecule has 0 aliphatic heterocycles. The fourth-order valence-corrected chi connectivity index (χ4v) is 3.46. The molecular formula is C18H21F2N3O3S. The van der Waals surface area contributed by atoms with Crippen LogP contribution in [0.1, 0.15) is 12.0 Å². The summed E-state index contributed by atoms with van der Waals surface area (Å²) in [5.41, 5.74) is 0.336. The zero-order valence-corrected chi connectivity index (χ0v) is 15.9. The van der Waals surface area contributed by atoms with Crippen LogP contribution in [0.3, 0.4) is 0 Å². The van der Waals surface area contributed by atoms with Crippen LogP contribution >= 0.6 is 0 Å². The maximum atomic E-state index is 14.0. The molecule has 0 aliphatic rings. The summed E-state index contributed by atoms with van der Waals surface area (Å²) in [5.74, 6) is -2.33. The number of benzene rings is 1. The number of para-hydroxylation sites is 1. The van der Waals surface area contributed by atoms with E-state index in [0.29, 0.717) is 17.3 Å². The quantitative estimate of drug-likeness (QED) is 0.685. The highest BCUT2D eigenvalue weighted by Gasteiger charge is 2.25. The van der Waals surface area contributed by atoms with Crippen molar-refractivity contribution >= 4 is 21.6 Å². The molecule has 0 spiro atoms. The molecule has 0 aliphatic carbocycles. The van der Waals surface area contributed by atoms with Gasteiger partial charge in [0.1, 0.15) is 5.69 Å². The van der Waals surface area contributed by atoms with Crippen LogP contribution in [-0.4, -0.2) is 50.6 Å². The summed E-state index contributed by atoms with van der Waals surface area (Å²) in [6.07, 6.45) is 4.57. The Bertz CT molecular complexity index is 872. The number of amides is 1. The molecule has 1 amide bonds. The number of aromatic nitrogens is 1. The zero-order valence-electron chi connectivity index (χ0n) is 15.1. The molecule has 2 aromatic rings. The minimum Gasteiger partial charge on any atom is -0.345 e. The van der Waals surface area contributed by atoms with Gasteiger partial charge in [0, 0.05) is 39.0 Å². The number of nitrogens with zero attached hydrogens (tertiary/aromatic N) is 3. The minimum atomic E-state index is -3.96. The highest BCUT2D eigenvalue weighted by atomic mass is 32.2. The monoisotopic (exact) mass is 397 g/mol. The fourth-order valence-electron chi connectivity index (χ4n) is 2.53. The summed E-state index contributed by atoms with van der Waals surface area (Å²) in [5, 5.41) is 0. The first kappa shape index (κ1) is 20.8. The summed E-state index contributed by atoms with van der Waals surface area (Å²) in [6.45, 7) is 0.0743. The van der Waals surface area contributed by atoms with Crippen molar-refractivity contribution in [3.63, 3.8) is 0 Å². The number of likely N-dealkylation sites (N-methyl/N-ethyl adjacent to an activating group) is 1. The molecule has 0 saturated heterocycles. The average Bonchev–Trinajstić information content (AvgIpc) is 2.61. The highest BCUT2D eigenvalue weighted by molar-refractivity contribution is 7.92. The van der Waals surface area contributed by atoms with E-state index >= 15 is 0 Å². The maximum Gasteiger partial charge on any atom is 0.232 e. The number of rotatable bonds is 8. The van der Waals surface area contributed by atoms with E-state index < -0.39 is 27.3 Å². The van der Waals surface area contributed by atoms with Crippen LogP contribution in [0.15, 0.2) is 42.7 Å². The van der Waals surface area contributed by atoms with Crippen molar-refractivity contribution in [1.29, 1.82) is 0 Å². The maximum absolute atomic E-state index is 14.0. The van der Waals surface area contributed by atoms with Crippen LogP contribution < -0.4 is 4.31 Å². The van der Waals surface area contributed by atoms with Gasteiger partial charge in [-0.3, -0.25) is 14.1 Å². The van der Waals surface area contributed by atoms with E-state index in [9.17, 15) is 22.0 Å². The van der Waals surface area contributed by atoms with Gasteiger partial charge in [-0.2, -0.15) is 0 Å². The van der Waals surface area contributed by atoms with E-state index in [4.69, 9.17) is 0 Å². The van der Waals surface area contributed by atoms with E-state index in [-0.39, 0.29) is 18.9 Å². The molecule has 27 heavy (non-hydrogen) atoms. The van der Waals surface area contributed by atoms with Crippen LogP contribution in [0.4, 0.5) is 14.5 Å². The predicted molar refractivity (Wildman–Crippen MR) is 98.7 cm³/mol. The topological polar surface area (TPSA) is 70.6 Å². The lowest BCUT2D eigenvalue weighted by molar-refractivity contribution is -0.129. The van der Waals surface area contributed by atoms with Gasteiger partial charge in [0.05, 0.1) is 6.26 Å². The summed E-state index contributed by atoms with van der Waals surface area (Å²) in [6, 6.07) is 6.76. The van der Waals surface area contributed by atoms with Gasteiger partial charge in [-0.25, -0.2) is 17.2 Å². The number of carbonyl (C=O) groups is 1. The zero-order chi connectivity index (χ0) is 20.0. The molecule has 1 aromatic carbocycles. The molecule has 0 fully saturated rings. The van der Waals surface area contributed by atoms with E-state index in [0.717, 1.165) is 30.0 Å². The summed E-state index contributed by atoms with van der Waals surface area (Å²) >= 11 is 0. The van der Waals surface area contributed by atoms with Crippen molar-refractivity contribution < 1.29 is 22.0 Å². The molecule has 2 rings (SSSR count). The number of halogens is 2. The van der Waals surface area contributed by atoms with Gasteiger partial charge in [0.2, 0.25) is 15.9 Å². The lowest BCUT2D eigenvalue weighted by Gasteiger charge is -2.24. The third-order valence-electron chi connectivity index (χ3n) is 4.03. The standard InChI is InChI=1S/C18H21F2N3O3S/c1-22(12-8-14-6-10-21-11-7-14)17(24)9-13-23(27(2,25)26)18-15(19)4-3-5-16(18)20/h3-7,10-11H,8-9,12-13H2,1-2H3. The first-order valence-electron chi connectivity index (χ1n) is 8.24. The van der Waals surface area contributed by atoms with Crippen molar-refractivity contribution in [2.45, 2.75) is 12.8 Å². The Labute approximate surface area is 157 Å². The SMILES string of the molecule is CN(CCc1ccncc1)C(=O)CCN(c1c(F)cccc1F)S(C)(=O)=O. The number of carbonyl (C=O) groups excluding carboxylic acids is 1. The summed E-state index contributed by atoms with van der Waals surface area (Å²) in [7, 11) is -2.37. The molecule has 1 heterocycles. The first-order chi connectivity index (χ1) is 12.7. The summed E-state index contributed by atoms with van der Waals surface area (Å²) in [4.78, 5) is 17.7. The smallest absolute Gasteiger partial charge is 0.232 e. The molecule has 0 bridgehead atoms. The van der Waals surface area contributed by atoms with E-state index in [1.807, 2.05) is 12.1 Å². The number of hydrogen-bond donors (Lipinski definition) is 0. The largest absolute Gasteiger partial charge is 0.345 e. The molecule has 0 atom stereocenters. The third kappa shape index (κ3) is 5.72. The summed E-state index contributed by atoms with van der Waals surface area (Å²) < 4.78 is 52.5. The molecule has 0 N–H and O–H groups in total. The Morgan fingerprint density at radius 2 is 1.67 bits per heavy atom. The first-order valence-corrected chi connectivity index (χ1v) is 10.1. The van der Waals surface area contributed by atoms with Crippen LogP contribution in [0.5, 0.6) is 0 Å². The fraction of sp³-hybridized carbons (Fsp3) is 0.333. The lowest BCUT2D eigenvalue weighted by Crippen LogP contribution is -2.37. The Balaban J connectivity index is 2.03.